The quantitative estimate of drug-likeness (QED) is 0.610. The zero-order valence-electron chi connectivity index (χ0n) is 19.8. The molecule has 0 heterocycles. The fourth-order valence-corrected chi connectivity index (χ4v) is 8.14. The van der Waals surface area contributed by atoms with Crippen molar-refractivity contribution in [1.29, 1.82) is 0 Å². The molecule has 0 amide bonds. The van der Waals surface area contributed by atoms with Crippen molar-refractivity contribution in [3.63, 3.8) is 0 Å². The summed E-state index contributed by atoms with van der Waals surface area (Å²) in [4.78, 5) is 25.2. The number of hydrogen-bond donors (Lipinski definition) is 1. The predicted octanol–water partition coefficient (Wildman–Crippen LogP) is 5.89. The van der Waals surface area contributed by atoms with E-state index in [4.69, 9.17) is 0 Å². The number of aliphatic hydroxyl groups is 1. The SMILES string of the molecule is CC(C)CCCC(C)C1CCC2(O)C3=CC(=O)C4CC(=O)CCC4(C)C3CCC12C. The van der Waals surface area contributed by atoms with Crippen LogP contribution in [0.2, 0.25) is 0 Å². The summed E-state index contributed by atoms with van der Waals surface area (Å²) in [5.74, 6) is 2.29. The molecule has 4 rings (SSSR count). The van der Waals surface area contributed by atoms with Gasteiger partial charge in [-0.1, -0.05) is 53.9 Å². The predicted molar refractivity (Wildman–Crippen MR) is 120 cm³/mol. The van der Waals surface area contributed by atoms with Gasteiger partial charge in [0.2, 0.25) is 0 Å². The minimum absolute atomic E-state index is 0.0999. The first-order valence-electron chi connectivity index (χ1n) is 12.5. The molecule has 168 valence electrons. The molecular weight excluding hydrogens is 372 g/mol. The third kappa shape index (κ3) is 3.17. The lowest BCUT2D eigenvalue weighted by Gasteiger charge is -2.59. The summed E-state index contributed by atoms with van der Waals surface area (Å²) in [5, 5.41) is 12.2. The summed E-state index contributed by atoms with van der Waals surface area (Å²) in [6.45, 7) is 11.5. The van der Waals surface area contributed by atoms with Gasteiger partial charge in [-0.3, -0.25) is 9.59 Å². The van der Waals surface area contributed by atoms with Gasteiger partial charge in [-0.2, -0.15) is 0 Å². The van der Waals surface area contributed by atoms with E-state index < -0.39 is 5.60 Å². The van der Waals surface area contributed by atoms with Gasteiger partial charge in [0.25, 0.3) is 0 Å². The molecule has 0 saturated heterocycles. The van der Waals surface area contributed by atoms with Gasteiger partial charge in [0.15, 0.2) is 5.78 Å². The molecule has 7 atom stereocenters. The number of Topliss-reactive ketones (excluding diaryl/α,β-unsaturated/α-hetero) is 1. The van der Waals surface area contributed by atoms with Crippen LogP contribution in [0.15, 0.2) is 11.6 Å². The van der Waals surface area contributed by atoms with Crippen molar-refractivity contribution in [3.8, 4) is 0 Å². The Labute approximate surface area is 183 Å². The molecule has 0 spiro atoms. The molecule has 0 radical (unpaired) electrons. The fourth-order valence-electron chi connectivity index (χ4n) is 8.14. The molecule has 3 nitrogen and oxygen atoms in total. The van der Waals surface area contributed by atoms with E-state index in [1.165, 1.54) is 19.3 Å². The first-order chi connectivity index (χ1) is 14.0. The Bertz CT molecular complexity index is 751. The molecule has 3 fully saturated rings. The maximum absolute atomic E-state index is 13.2. The maximum atomic E-state index is 13.2. The highest BCUT2D eigenvalue weighted by Crippen LogP contribution is 2.68. The monoisotopic (exact) mass is 414 g/mol. The molecule has 1 N–H and O–H groups in total. The van der Waals surface area contributed by atoms with Gasteiger partial charge in [-0.15, -0.1) is 0 Å². The number of ketones is 2. The van der Waals surface area contributed by atoms with Gasteiger partial charge in [-0.25, -0.2) is 0 Å². The highest BCUT2D eigenvalue weighted by atomic mass is 16.3. The van der Waals surface area contributed by atoms with Gasteiger partial charge < -0.3 is 5.11 Å². The average Bonchev–Trinajstić information content (AvgIpc) is 2.95. The Kier molecular flexibility index (Phi) is 5.61. The molecule has 30 heavy (non-hydrogen) atoms. The Morgan fingerprint density at radius 2 is 1.77 bits per heavy atom. The van der Waals surface area contributed by atoms with Crippen molar-refractivity contribution in [2.75, 3.05) is 0 Å². The van der Waals surface area contributed by atoms with E-state index in [0.717, 1.165) is 43.6 Å². The van der Waals surface area contributed by atoms with Crippen LogP contribution in [0, 0.1) is 40.4 Å². The number of carbonyl (C=O) groups excluding carboxylic acids is 2. The molecule has 0 aromatic carbocycles. The first-order valence-corrected chi connectivity index (χ1v) is 12.5. The summed E-state index contributed by atoms with van der Waals surface area (Å²) in [6.07, 6.45) is 11.3. The summed E-state index contributed by atoms with van der Waals surface area (Å²) in [5.41, 5.74) is -0.114. The molecule has 4 aliphatic carbocycles. The van der Waals surface area contributed by atoms with Crippen molar-refractivity contribution in [3.05, 3.63) is 11.6 Å². The van der Waals surface area contributed by atoms with E-state index >= 15 is 0 Å². The highest BCUT2D eigenvalue weighted by molar-refractivity contribution is 5.98. The minimum atomic E-state index is -0.849. The number of hydrogen-bond acceptors (Lipinski definition) is 3. The second-order valence-corrected chi connectivity index (χ2v) is 12.1. The third-order valence-corrected chi connectivity index (χ3v) is 10.1. The topological polar surface area (TPSA) is 54.4 Å². The third-order valence-electron chi connectivity index (χ3n) is 10.1. The smallest absolute Gasteiger partial charge is 0.159 e. The molecule has 0 bridgehead atoms. The highest BCUT2D eigenvalue weighted by Gasteiger charge is 2.66. The molecule has 0 aromatic rings. The lowest BCUT2D eigenvalue weighted by Crippen LogP contribution is -2.59. The molecule has 3 heteroatoms. The average molecular weight is 415 g/mol. The van der Waals surface area contributed by atoms with Crippen LogP contribution < -0.4 is 0 Å². The maximum Gasteiger partial charge on any atom is 0.159 e. The number of allylic oxidation sites excluding steroid dienone is 1. The van der Waals surface area contributed by atoms with E-state index in [1.807, 2.05) is 0 Å². The van der Waals surface area contributed by atoms with E-state index in [1.54, 1.807) is 6.08 Å². The van der Waals surface area contributed by atoms with E-state index in [9.17, 15) is 14.7 Å². The van der Waals surface area contributed by atoms with Crippen molar-refractivity contribution in [2.45, 2.75) is 104 Å². The lowest BCUT2D eigenvalue weighted by molar-refractivity contribution is -0.144. The van der Waals surface area contributed by atoms with Crippen LogP contribution in [-0.4, -0.2) is 22.3 Å². The van der Waals surface area contributed by atoms with E-state index in [0.29, 0.717) is 24.7 Å². The van der Waals surface area contributed by atoms with Gasteiger partial charge in [-0.05, 0) is 72.8 Å². The molecule has 7 unspecified atom stereocenters. The van der Waals surface area contributed by atoms with Crippen molar-refractivity contribution in [2.24, 2.45) is 40.4 Å². The Morgan fingerprint density at radius 3 is 2.47 bits per heavy atom. The normalized spacial score (nSPS) is 44.4. The van der Waals surface area contributed by atoms with Crippen LogP contribution in [0.1, 0.15) is 98.8 Å². The van der Waals surface area contributed by atoms with Gasteiger partial charge in [0.05, 0.1) is 5.60 Å². The summed E-state index contributed by atoms with van der Waals surface area (Å²) in [6, 6.07) is 0. The molecular formula is C27H42O3. The first kappa shape index (κ1) is 22.2. The second-order valence-electron chi connectivity index (χ2n) is 12.1. The Hall–Kier alpha value is -0.960. The number of fused-ring (bicyclic) bond motifs is 5. The molecule has 0 aromatic heterocycles. The second kappa shape index (κ2) is 7.57. The Balaban J connectivity index is 1.62. The molecule has 0 aliphatic heterocycles. The van der Waals surface area contributed by atoms with Crippen LogP contribution in [0.3, 0.4) is 0 Å². The largest absolute Gasteiger partial charge is 0.385 e. The zero-order chi connectivity index (χ0) is 21.9. The molecule has 4 aliphatic rings. The summed E-state index contributed by atoms with van der Waals surface area (Å²) >= 11 is 0. The van der Waals surface area contributed by atoms with Crippen LogP contribution in [0.5, 0.6) is 0 Å². The molecule has 3 saturated carbocycles. The fraction of sp³-hybridized carbons (Fsp3) is 0.852. The van der Waals surface area contributed by atoms with Crippen LogP contribution in [-0.2, 0) is 9.59 Å². The van der Waals surface area contributed by atoms with Crippen molar-refractivity contribution < 1.29 is 14.7 Å². The number of rotatable bonds is 5. The van der Waals surface area contributed by atoms with E-state index in [2.05, 4.69) is 34.6 Å². The van der Waals surface area contributed by atoms with E-state index in [-0.39, 0.29) is 34.2 Å². The summed E-state index contributed by atoms with van der Waals surface area (Å²) in [7, 11) is 0. The van der Waals surface area contributed by atoms with Gasteiger partial charge in [0, 0.05) is 24.2 Å². The summed E-state index contributed by atoms with van der Waals surface area (Å²) < 4.78 is 0. The Morgan fingerprint density at radius 1 is 1.03 bits per heavy atom. The van der Waals surface area contributed by atoms with Crippen LogP contribution in [0.4, 0.5) is 0 Å². The van der Waals surface area contributed by atoms with Gasteiger partial charge in [0.1, 0.15) is 5.78 Å². The van der Waals surface area contributed by atoms with Gasteiger partial charge >= 0.3 is 0 Å². The standard InChI is InChI=1S/C27H42O3/c1-17(2)7-6-8-18(3)20-11-14-27(30)22-16-24(29)23-15-19(28)9-12-25(23,4)21(22)10-13-26(20,27)5/h16-18,20-21,23,30H,6-15H2,1-5H3. The van der Waals surface area contributed by atoms with Crippen LogP contribution in [0.25, 0.3) is 0 Å². The van der Waals surface area contributed by atoms with Crippen molar-refractivity contribution >= 4 is 11.6 Å². The van der Waals surface area contributed by atoms with Crippen molar-refractivity contribution in [1.82, 2.24) is 0 Å². The minimum Gasteiger partial charge on any atom is -0.385 e. The zero-order valence-corrected chi connectivity index (χ0v) is 19.8. The number of carbonyl (C=O) groups is 2. The van der Waals surface area contributed by atoms with Crippen LogP contribution >= 0.6 is 0 Å². The lowest BCUT2D eigenvalue weighted by atomic mass is 9.46.